The first-order chi connectivity index (χ1) is 16.8. The minimum atomic E-state index is -4.12. The summed E-state index contributed by atoms with van der Waals surface area (Å²) < 4.78 is 30.6. The van der Waals surface area contributed by atoms with E-state index in [0.29, 0.717) is 16.2 Å². The molecular weight excluding hydrogens is 486 g/mol. The zero-order valence-electron chi connectivity index (χ0n) is 18.1. The van der Waals surface area contributed by atoms with Gasteiger partial charge in [0.1, 0.15) is 0 Å². The molecule has 0 aliphatic rings. The third kappa shape index (κ3) is 4.25. The van der Waals surface area contributed by atoms with E-state index in [4.69, 9.17) is 11.6 Å². The molecule has 0 unspecified atom stereocenters. The number of hydrogen-bond donors (Lipinski definition) is 1. The molecule has 35 heavy (non-hydrogen) atoms. The van der Waals surface area contributed by atoms with Gasteiger partial charge in [0.15, 0.2) is 0 Å². The van der Waals surface area contributed by atoms with E-state index in [1.807, 2.05) is 60.7 Å². The molecule has 1 N–H and O–H groups in total. The van der Waals surface area contributed by atoms with E-state index in [0.717, 1.165) is 5.69 Å². The average molecular weight is 504 g/mol. The Morgan fingerprint density at radius 2 is 1.31 bits per heavy atom. The number of benzene rings is 4. The van der Waals surface area contributed by atoms with Crippen LogP contribution in [0.25, 0.3) is 22.3 Å². The van der Waals surface area contributed by atoms with Gasteiger partial charge in [0.05, 0.1) is 27.2 Å². The van der Waals surface area contributed by atoms with E-state index in [2.05, 4.69) is 4.72 Å². The van der Waals surface area contributed by atoms with Crippen molar-refractivity contribution in [3.8, 4) is 11.4 Å². The molecule has 0 bridgehead atoms. The molecule has 1 heterocycles. The summed E-state index contributed by atoms with van der Waals surface area (Å²) in [5, 5.41) is 0.646. The van der Waals surface area contributed by atoms with E-state index >= 15 is 0 Å². The number of nitrogens with zero attached hydrogens (tertiary/aromatic N) is 2. The second kappa shape index (κ2) is 8.90. The van der Waals surface area contributed by atoms with E-state index < -0.39 is 15.9 Å². The van der Waals surface area contributed by atoms with Crippen LogP contribution in [0.3, 0.4) is 0 Å². The summed E-state index contributed by atoms with van der Waals surface area (Å²) >= 11 is 5.82. The Labute approximate surface area is 205 Å². The number of aromatic nitrogens is 2. The highest BCUT2D eigenvalue weighted by Gasteiger charge is 2.21. The molecule has 7 nitrogen and oxygen atoms in total. The number of sulfonamides is 1. The molecule has 174 valence electrons. The van der Waals surface area contributed by atoms with Crippen molar-refractivity contribution in [2.45, 2.75) is 4.90 Å². The van der Waals surface area contributed by atoms with Crippen LogP contribution < -0.4 is 10.3 Å². The van der Waals surface area contributed by atoms with Crippen molar-refractivity contribution < 1.29 is 13.2 Å². The molecule has 0 spiro atoms. The highest BCUT2D eigenvalue weighted by molar-refractivity contribution is 7.90. The Balaban J connectivity index is 1.62. The molecule has 0 atom stereocenters. The number of carbonyl (C=O) groups excluding carboxylic acids is 1. The third-order valence-electron chi connectivity index (χ3n) is 5.46. The number of carbonyl (C=O) groups is 1. The lowest BCUT2D eigenvalue weighted by Crippen LogP contribution is -2.30. The molecular formula is C26H18ClN3O4S. The molecule has 0 aliphatic carbocycles. The highest BCUT2D eigenvalue weighted by atomic mass is 35.5. The fraction of sp³-hybridized carbons (Fsp3) is 0. The monoisotopic (exact) mass is 503 g/mol. The maximum absolute atomic E-state index is 13.5. The van der Waals surface area contributed by atoms with Crippen molar-refractivity contribution in [2.75, 3.05) is 0 Å². The number of rotatable bonds is 5. The molecule has 0 saturated heterocycles. The number of hydrogen-bond acceptors (Lipinski definition) is 4. The van der Waals surface area contributed by atoms with Crippen molar-refractivity contribution in [3.05, 3.63) is 124 Å². The smallest absolute Gasteiger partial charge is 0.268 e. The minimum Gasteiger partial charge on any atom is -0.268 e. The summed E-state index contributed by atoms with van der Waals surface area (Å²) in [5.41, 5.74) is 1.67. The first-order valence-electron chi connectivity index (χ1n) is 10.6. The standard InChI is InChI=1S/C26H18ClN3O4S/c27-19-12-14-22(15-13-19)35(33,34)28-25(31)18-11-16-24-23(17-18)26(32)30(21-9-5-2-6-10-21)29(24)20-7-3-1-4-8-20/h1-17H,(H,28,31). The second-order valence-electron chi connectivity index (χ2n) is 7.72. The first-order valence-corrected chi connectivity index (χ1v) is 12.4. The maximum Gasteiger partial charge on any atom is 0.279 e. The van der Waals surface area contributed by atoms with Gasteiger partial charge in [0, 0.05) is 10.6 Å². The summed E-state index contributed by atoms with van der Waals surface area (Å²) in [4.78, 5) is 26.3. The zero-order valence-corrected chi connectivity index (χ0v) is 19.7. The average Bonchev–Trinajstić information content (AvgIpc) is 3.17. The van der Waals surface area contributed by atoms with Crippen molar-refractivity contribution >= 4 is 38.4 Å². The summed E-state index contributed by atoms with van der Waals surface area (Å²) in [7, 11) is -4.12. The van der Waals surface area contributed by atoms with Gasteiger partial charge in [0.2, 0.25) is 0 Å². The van der Waals surface area contributed by atoms with Gasteiger partial charge >= 0.3 is 0 Å². The van der Waals surface area contributed by atoms with Crippen molar-refractivity contribution in [1.82, 2.24) is 14.1 Å². The minimum absolute atomic E-state index is 0.0394. The van der Waals surface area contributed by atoms with Crippen molar-refractivity contribution in [2.24, 2.45) is 0 Å². The Morgan fingerprint density at radius 1 is 0.743 bits per heavy atom. The fourth-order valence-corrected chi connectivity index (χ4v) is 4.93. The summed E-state index contributed by atoms with van der Waals surface area (Å²) in [6.45, 7) is 0. The van der Waals surface area contributed by atoms with Gasteiger partial charge in [-0.15, -0.1) is 0 Å². The van der Waals surface area contributed by atoms with Gasteiger partial charge < -0.3 is 0 Å². The quantitative estimate of drug-likeness (QED) is 0.381. The topological polar surface area (TPSA) is 90.2 Å². The fourth-order valence-electron chi connectivity index (χ4n) is 3.83. The lowest BCUT2D eigenvalue weighted by atomic mass is 10.1. The Kier molecular flexibility index (Phi) is 5.76. The number of para-hydroxylation sites is 2. The molecule has 4 aromatic carbocycles. The van der Waals surface area contributed by atoms with E-state index in [-0.39, 0.29) is 21.4 Å². The summed E-state index contributed by atoms with van der Waals surface area (Å²) in [6.07, 6.45) is 0. The molecule has 5 aromatic rings. The molecule has 0 saturated carbocycles. The summed E-state index contributed by atoms with van der Waals surface area (Å²) in [6, 6.07) is 28.5. The predicted octanol–water partition coefficient (Wildman–Crippen LogP) is 4.55. The van der Waals surface area contributed by atoms with Crippen LogP contribution in [0.1, 0.15) is 10.4 Å². The van der Waals surface area contributed by atoms with Crippen molar-refractivity contribution in [3.63, 3.8) is 0 Å². The van der Waals surface area contributed by atoms with Gasteiger partial charge in [0.25, 0.3) is 21.5 Å². The molecule has 5 rings (SSSR count). The normalized spacial score (nSPS) is 11.5. The molecule has 1 aromatic heterocycles. The maximum atomic E-state index is 13.5. The van der Waals surface area contributed by atoms with Crippen LogP contribution in [0.15, 0.2) is 113 Å². The van der Waals surface area contributed by atoms with Crippen LogP contribution in [-0.4, -0.2) is 23.7 Å². The Morgan fingerprint density at radius 3 is 1.91 bits per heavy atom. The molecule has 0 aliphatic heterocycles. The van der Waals surface area contributed by atoms with Crippen LogP contribution in [0, 0.1) is 0 Å². The third-order valence-corrected chi connectivity index (χ3v) is 7.06. The molecule has 9 heteroatoms. The number of halogens is 1. The van der Waals surface area contributed by atoms with Gasteiger partial charge in [-0.05, 0) is 66.7 Å². The van der Waals surface area contributed by atoms with Gasteiger partial charge in [-0.3, -0.25) is 9.59 Å². The highest BCUT2D eigenvalue weighted by Crippen LogP contribution is 2.22. The van der Waals surface area contributed by atoms with Crippen LogP contribution in [0.5, 0.6) is 0 Å². The van der Waals surface area contributed by atoms with Crippen LogP contribution in [0.4, 0.5) is 0 Å². The van der Waals surface area contributed by atoms with Gasteiger partial charge in [-0.1, -0.05) is 48.0 Å². The Hall–Kier alpha value is -4.14. The Bertz CT molecular complexity index is 1710. The van der Waals surface area contributed by atoms with Crippen LogP contribution >= 0.6 is 11.6 Å². The zero-order chi connectivity index (χ0) is 24.6. The van der Waals surface area contributed by atoms with Crippen molar-refractivity contribution in [1.29, 1.82) is 0 Å². The van der Waals surface area contributed by atoms with Gasteiger partial charge in [-0.25, -0.2) is 22.5 Å². The predicted molar refractivity (Wildman–Crippen MR) is 135 cm³/mol. The molecule has 1 amide bonds. The SMILES string of the molecule is O=C(NS(=O)(=O)c1ccc(Cl)cc1)c1ccc2c(c1)c(=O)n(-c1ccccc1)n2-c1ccccc1. The van der Waals surface area contributed by atoms with E-state index in [1.165, 1.54) is 41.1 Å². The van der Waals surface area contributed by atoms with Crippen LogP contribution in [-0.2, 0) is 10.0 Å². The lowest BCUT2D eigenvalue weighted by Gasteiger charge is -2.13. The summed E-state index contributed by atoms with van der Waals surface area (Å²) in [5.74, 6) is -0.847. The first kappa shape index (κ1) is 22.6. The number of nitrogens with one attached hydrogen (secondary N) is 1. The molecule has 0 radical (unpaired) electrons. The lowest BCUT2D eigenvalue weighted by molar-refractivity contribution is 0.0981. The molecule has 0 fully saturated rings. The number of amides is 1. The van der Waals surface area contributed by atoms with E-state index in [9.17, 15) is 18.0 Å². The van der Waals surface area contributed by atoms with E-state index in [1.54, 1.807) is 10.7 Å². The van der Waals surface area contributed by atoms with Gasteiger partial charge in [-0.2, -0.15) is 0 Å². The largest absolute Gasteiger partial charge is 0.279 e. The second-order valence-corrected chi connectivity index (χ2v) is 9.84. The van der Waals surface area contributed by atoms with Crippen LogP contribution in [0.2, 0.25) is 5.02 Å². The number of fused-ring (bicyclic) bond motifs is 1.